The smallest absolute Gasteiger partial charge is 0.0383 e. The maximum atomic E-state index is 6.19. The molecule has 0 aromatic heterocycles. The van der Waals surface area contributed by atoms with Crippen molar-refractivity contribution in [3.05, 3.63) is 0 Å². The normalized spacial score (nSPS) is 38.1. The molecular formula is C14H29N3. The molecule has 2 atom stereocenters. The number of hydrogen-bond donors (Lipinski definition) is 1. The van der Waals surface area contributed by atoms with E-state index in [4.69, 9.17) is 5.73 Å². The third-order valence-corrected chi connectivity index (χ3v) is 5.49. The lowest BCUT2D eigenvalue weighted by Crippen LogP contribution is -2.59. The molecule has 1 saturated heterocycles. The second-order valence-corrected chi connectivity index (χ2v) is 6.83. The first-order valence-corrected chi connectivity index (χ1v) is 7.04. The highest BCUT2D eigenvalue weighted by Gasteiger charge is 2.52. The first-order valence-electron chi connectivity index (χ1n) is 7.04. The Labute approximate surface area is 106 Å². The Hall–Kier alpha value is -0.120. The van der Waals surface area contributed by atoms with Crippen molar-refractivity contribution in [2.75, 3.05) is 33.7 Å². The van der Waals surface area contributed by atoms with E-state index in [2.05, 4.69) is 37.7 Å². The van der Waals surface area contributed by atoms with E-state index < -0.39 is 0 Å². The fourth-order valence-electron chi connectivity index (χ4n) is 4.04. The highest BCUT2D eigenvalue weighted by atomic mass is 15.3. The molecule has 1 heterocycles. The standard InChI is InChI=1S/C14H29N3/c1-13(2)7-5-8-14(13,11-15)17-9-6-12(10-17)16(3)4/h12H,5-11,15H2,1-4H3. The molecule has 0 spiro atoms. The summed E-state index contributed by atoms with van der Waals surface area (Å²) in [7, 11) is 4.39. The van der Waals surface area contributed by atoms with Crippen LogP contribution in [0.15, 0.2) is 0 Å². The van der Waals surface area contributed by atoms with E-state index in [1.165, 1.54) is 38.8 Å². The minimum absolute atomic E-state index is 0.262. The van der Waals surface area contributed by atoms with Crippen LogP contribution in [0.3, 0.4) is 0 Å². The quantitative estimate of drug-likeness (QED) is 0.811. The van der Waals surface area contributed by atoms with E-state index in [9.17, 15) is 0 Å². The van der Waals surface area contributed by atoms with Gasteiger partial charge in [-0.15, -0.1) is 0 Å². The van der Waals surface area contributed by atoms with Gasteiger partial charge in [0.25, 0.3) is 0 Å². The minimum Gasteiger partial charge on any atom is -0.329 e. The molecule has 1 saturated carbocycles. The summed E-state index contributed by atoms with van der Waals surface area (Å²) in [6.07, 6.45) is 5.25. The average molecular weight is 239 g/mol. The molecule has 2 aliphatic rings. The Morgan fingerprint density at radius 2 is 2.00 bits per heavy atom. The van der Waals surface area contributed by atoms with Gasteiger partial charge in [0.1, 0.15) is 0 Å². The highest BCUT2D eigenvalue weighted by molar-refractivity contribution is 5.09. The summed E-state index contributed by atoms with van der Waals surface area (Å²) in [5.41, 5.74) is 6.83. The van der Waals surface area contributed by atoms with Gasteiger partial charge in [-0.3, -0.25) is 4.90 Å². The summed E-state index contributed by atoms with van der Waals surface area (Å²) in [5.74, 6) is 0. The maximum absolute atomic E-state index is 6.19. The van der Waals surface area contributed by atoms with Gasteiger partial charge in [0.15, 0.2) is 0 Å². The third kappa shape index (κ3) is 2.02. The van der Waals surface area contributed by atoms with Gasteiger partial charge in [0, 0.05) is 31.2 Å². The molecule has 2 rings (SSSR count). The molecule has 2 unspecified atom stereocenters. The summed E-state index contributed by atoms with van der Waals surface area (Å²) in [6.45, 7) is 8.07. The molecule has 0 radical (unpaired) electrons. The van der Waals surface area contributed by atoms with E-state index in [0.29, 0.717) is 5.41 Å². The molecule has 3 nitrogen and oxygen atoms in total. The molecule has 17 heavy (non-hydrogen) atoms. The summed E-state index contributed by atoms with van der Waals surface area (Å²) < 4.78 is 0. The van der Waals surface area contributed by atoms with E-state index in [1.54, 1.807) is 0 Å². The third-order valence-electron chi connectivity index (χ3n) is 5.49. The number of nitrogens with zero attached hydrogens (tertiary/aromatic N) is 2. The fraction of sp³-hybridized carbons (Fsp3) is 1.00. The zero-order valence-corrected chi connectivity index (χ0v) is 12.0. The van der Waals surface area contributed by atoms with Crippen molar-refractivity contribution in [2.45, 2.75) is 51.1 Å². The molecule has 0 aromatic carbocycles. The van der Waals surface area contributed by atoms with Crippen LogP contribution in [0.1, 0.15) is 39.5 Å². The molecule has 2 fully saturated rings. The van der Waals surface area contributed by atoms with Crippen LogP contribution in [0.2, 0.25) is 0 Å². The number of likely N-dealkylation sites (N-methyl/N-ethyl adjacent to an activating group) is 1. The molecule has 0 bridgehead atoms. The number of hydrogen-bond acceptors (Lipinski definition) is 3. The van der Waals surface area contributed by atoms with Crippen LogP contribution in [0, 0.1) is 5.41 Å². The Morgan fingerprint density at radius 1 is 1.29 bits per heavy atom. The van der Waals surface area contributed by atoms with Crippen molar-refractivity contribution < 1.29 is 0 Å². The first kappa shape index (κ1) is 13.3. The Balaban J connectivity index is 2.15. The van der Waals surface area contributed by atoms with Crippen LogP contribution in [-0.4, -0.2) is 55.1 Å². The Kier molecular flexibility index (Phi) is 3.54. The van der Waals surface area contributed by atoms with E-state index in [-0.39, 0.29) is 5.54 Å². The summed E-state index contributed by atoms with van der Waals surface area (Å²) in [5, 5.41) is 0. The van der Waals surface area contributed by atoms with Crippen molar-refractivity contribution in [3.63, 3.8) is 0 Å². The second kappa shape index (κ2) is 4.52. The lowest BCUT2D eigenvalue weighted by atomic mass is 9.73. The van der Waals surface area contributed by atoms with E-state index in [1.807, 2.05) is 0 Å². The second-order valence-electron chi connectivity index (χ2n) is 6.83. The maximum Gasteiger partial charge on any atom is 0.0383 e. The monoisotopic (exact) mass is 239 g/mol. The predicted octanol–water partition coefficient (Wildman–Crippen LogP) is 1.53. The van der Waals surface area contributed by atoms with Gasteiger partial charge in [-0.25, -0.2) is 0 Å². The topological polar surface area (TPSA) is 32.5 Å². The van der Waals surface area contributed by atoms with Gasteiger partial charge < -0.3 is 10.6 Å². The minimum atomic E-state index is 0.262. The summed E-state index contributed by atoms with van der Waals surface area (Å²) >= 11 is 0. The van der Waals surface area contributed by atoms with Gasteiger partial charge in [-0.1, -0.05) is 20.3 Å². The number of likely N-dealkylation sites (tertiary alicyclic amines) is 1. The van der Waals surface area contributed by atoms with Gasteiger partial charge >= 0.3 is 0 Å². The summed E-state index contributed by atoms with van der Waals surface area (Å²) in [6, 6.07) is 0.717. The first-order chi connectivity index (χ1) is 7.93. The highest BCUT2D eigenvalue weighted by Crippen LogP contribution is 2.50. The van der Waals surface area contributed by atoms with Crippen LogP contribution in [0.5, 0.6) is 0 Å². The average Bonchev–Trinajstić information content (AvgIpc) is 2.82. The van der Waals surface area contributed by atoms with Gasteiger partial charge in [-0.2, -0.15) is 0 Å². The van der Waals surface area contributed by atoms with E-state index >= 15 is 0 Å². The van der Waals surface area contributed by atoms with Crippen molar-refractivity contribution >= 4 is 0 Å². The molecule has 1 aliphatic heterocycles. The van der Waals surface area contributed by atoms with Crippen LogP contribution in [0.4, 0.5) is 0 Å². The van der Waals surface area contributed by atoms with Crippen molar-refractivity contribution in [1.82, 2.24) is 9.80 Å². The van der Waals surface area contributed by atoms with Gasteiger partial charge in [0.2, 0.25) is 0 Å². The predicted molar refractivity (Wildman–Crippen MR) is 73.1 cm³/mol. The number of rotatable bonds is 3. The Morgan fingerprint density at radius 3 is 2.41 bits per heavy atom. The van der Waals surface area contributed by atoms with Crippen LogP contribution < -0.4 is 5.73 Å². The molecule has 0 amide bonds. The molecule has 0 aromatic rings. The lowest BCUT2D eigenvalue weighted by molar-refractivity contribution is 0.0272. The molecule has 1 aliphatic carbocycles. The van der Waals surface area contributed by atoms with Crippen molar-refractivity contribution in [2.24, 2.45) is 11.1 Å². The zero-order chi connectivity index (χ0) is 12.7. The van der Waals surface area contributed by atoms with Crippen LogP contribution >= 0.6 is 0 Å². The Bertz CT molecular complexity index is 275. The molecular weight excluding hydrogens is 210 g/mol. The largest absolute Gasteiger partial charge is 0.329 e. The van der Waals surface area contributed by atoms with Crippen molar-refractivity contribution in [1.29, 1.82) is 0 Å². The fourth-order valence-corrected chi connectivity index (χ4v) is 4.04. The van der Waals surface area contributed by atoms with Crippen LogP contribution in [0.25, 0.3) is 0 Å². The van der Waals surface area contributed by atoms with Gasteiger partial charge in [0.05, 0.1) is 0 Å². The molecule has 100 valence electrons. The van der Waals surface area contributed by atoms with Crippen molar-refractivity contribution in [3.8, 4) is 0 Å². The molecule has 2 N–H and O–H groups in total. The SMILES string of the molecule is CN(C)C1CCN(C2(CN)CCCC2(C)C)C1. The lowest BCUT2D eigenvalue weighted by Gasteiger charge is -2.48. The van der Waals surface area contributed by atoms with E-state index in [0.717, 1.165) is 12.6 Å². The zero-order valence-electron chi connectivity index (χ0n) is 12.0. The molecule has 3 heteroatoms. The van der Waals surface area contributed by atoms with Gasteiger partial charge in [-0.05, 0) is 38.8 Å². The summed E-state index contributed by atoms with van der Waals surface area (Å²) in [4.78, 5) is 5.07. The van der Waals surface area contributed by atoms with Crippen LogP contribution in [-0.2, 0) is 0 Å². The number of nitrogens with two attached hydrogens (primary N) is 1.